The number of hydrogen-bond acceptors (Lipinski definition) is 5. The van der Waals surface area contributed by atoms with Crippen LogP contribution in [0.15, 0.2) is 53.1 Å². The number of hydrogen-bond donors (Lipinski definition) is 2. The summed E-state index contributed by atoms with van der Waals surface area (Å²) in [5.74, 6) is 1.27. The third kappa shape index (κ3) is 4.51. The van der Waals surface area contributed by atoms with Crippen LogP contribution in [0.25, 0.3) is 11.4 Å². The van der Waals surface area contributed by atoms with E-state index in [1.54, 1.807) is 19.2 Å². The molecule has 2 N–H and O–H groups in total. The fraction of sp³-hybridized carbons (Fsp3) is 0.118. The Kier molecular flexibility index (Phi) is 5.20. The van der Waals surface area contributed by atoms with E-state index in [9.17, 15) is 4.39 Å². The zero-order valence-corrected chi connectivity index (χ0v) is 14.1. The van der Waals surface area contributed by atoms with Crippen molar-refractivity contribution in [3.63, 3.8) is 0 Å². The van der Waals surface area contributed by atoms with E-state index in [1.807, 2.05) is 24.3 Å². The SMILES string of the molecule is COc1ccc(-c2noc(CNC(=S)Nc3cccc(F)c3)n2)cc1. The van der Waals surface area contributed by atoms with Crippen LogP contribution in [0, 0.1) is 5.82 Å². The van der Waals surface area contributed by atoms with E-state index in [1.165, 1.54) is 12.1 Å². The van der Waals surface area contributed by atoms with Crippen molar-refractivity contribution in [2.75, 3.05) is 12.4 Å². The topological polar surface area (TPSA) is 72.2 Å². The molecular weight excluding hydrogens is 343 g/mol. The lowest BCUT2D eigenvalue weighted by Crippen LogP contribution is -2.28. The molecule has 0 saturated heterocycles. The lowest BCUT2D eigenvalue weighted by Gasteiger charge is -2.08. The van der Waals surface area contributed by atoms with Gasteiger partial charge in [0.05, 0.1) is 13.7 Å². The molecule has 0 bridgehead atoms. The highest BCUT2D eigenvalue weighted by Crippen LogP contribution is 2.19. The summed E-state index contributed by atoms with van der Waals surface area (Å²) in [5, 5.41) is 10.1. The molecule has 0 aliphatic rings. The molecule has 6 nitrogen and oxygen atoms in total. The lowest BCUT2D eigenvalue weighted by atomic mass is 10.2. The number of halogens is 1. The van der Waals surface area contributed by atoms with E-state index in [2.05, 4.69) is 20.8 Å². The van der Waals surface area contributed by atoms with E-state index >= 15 is 0 Å². The average molecular weight is 358 g/mol. The van der Waals surface area contributed by atoms with E-state index in [0.29, 0.717) is 22.5 Å². The molecule has 1 heterocycles. The second-order valence-corrected chi connectivity index (χ2v) is 5.47. The predicted molar refractivity (Wildman–Crippen MR) is 95.7 cm³/mol. The van der Waals surface area contributed by atoms with Gasteiger partial charge in [-0.15, -0.1) is 0 Å². The molecule has 3 rings (SSSR count). The van der Waals surface area contributed by atoms with Crippen LogP contribution in [-0.4, -0.2) is 22.4 Å². The van der Waals surface area contributed by atoms with Crippen LogP contribution in [0.2, 0.25) is 0 Å². The summed E-state index contributed by atoms with van der Waals surface area (Å²) in [7, 11) is 1.61. The molecular formula is C17H15FN4O2S. The van der Waals surface area contributed by atoms with Crippen LogP contribution in [0.5, 0.6) is 5.75 Å². The number of aromatic nitrogens is 2. The van der Waals surface area contributed by atoms with Crippen molar-refractivity contribution in [3.8, 4) is 17.1 Å². The molecule has 0 aliphatic heterocycles. The first-order chi connectivity index (χ1) is 12.1. The van der Waals surface area contributed by atoms with Crippen LogP contribution in [-0.2, 0) is 6.54 Å². The van der Waals surface area contributed by atoms with Gasteiger partial charge in [0.1, 0.15) is 11.6 Å². The van der Waals surface area contributed by atoms with Crippen LogP contribution in [0.3, 0.4) is 0 Å². The van der Waals surface area contributed by atoms with Gasteiger partial charge in [0, 0.05) is 11.3 Å². The summed E-state index contributed by atoms with van der Waals surface area (Å²) in [6.07, 6.45) is 0. The number of nitrogens with one attached hydrogen (secondary N) is 2. The summed E-state index contributed by atoms with van der Waals surface area (Å²) in [6, 6.07) is 13.4. The van der Waals surface area contributed by atoms with Crippen LogP contribution < -0.4 is 15.4 Å². The predicted octanol–water partition coefficient (Wildman–Crippen LogP) is 3.37. The zero-order valence-electron chi connectivity index (χ0n) is 13.3. The smallest absolute Gasteiger partial charge is 0.246 e. The summed E-state index contributed by atoms with van der Waals surface area (Å²) < 4.78 is 23.4. The molecule has 3 aromatic rings. The molecule has 0 atom stereocenters. The zero-order chi connectivity index (χ0) is 17.6. The normalized spacial score (nSPS) is 10.3. The monoisotopic (exact) mass is 358 g/mol. The number of methoxy groups -OCH3 is 1. The molecule has 2 aromatic carbocycles. The van der Waals surface area contributed by atoms with Gasteiger partial charge in [-0.05, 0) is 54.7 Å². The molecule has 8 heteroatoms. The van der Waals surface area contributed by atoms with Gasteiger partial charge in [-0.3, -0.25) is 0 Å². The van der Waals surface area contributed by atoms with E-state index < -0.39 is 0 Å². The van der Waals surface area contributed by atoms with E-state index in [-0.39, 0.29) is 12.4 Å². The van der Waals surface area contributed by atoms with Crippen molar-refractivity contribution in [2.24, 2.45) is 0 Å². The first kappa shape index (κ1) is 16.8. The first-order valence-corrected chi connectivity index (χ1v) is 7.82. The minimum absolute atomic E-state index is 0.254. The van der Waals surface area contributed by atoms with Gasteiger partial charge in [0.15, 0.2) is 5.11 Å². The number of anilines is 1. The van der Waals surface area contributed by atoms with Crippen molar-refractivity contribution >= 4 is 23.0 Å². The Labute approximate surface area is 149 Å². The Bertz CT molecular complexity index is 867. The van der Waals surface area contributed by atoms with Gasteiger partial charge < -0.3 is 19.9 Å². The number of benzene rings is 2. The first-order valence-electron chi connectivity index (χ1n) is 7.41. The van der Waals surface area contributed by atoms with Gasteiger partial charge in [-0.1, -0.05) is 11.2 Å². The Morgan fingerprint density at radius 3 is 2.76 bits per heavy atom. The Hall–Kier alpha value is -3.00. The van der Waals surface area contributed by atoms with Crippen LogP contribution in [0.4, 0.5) is 10.1 Å². The molecule has 0 saturated carbocycles. The maximum absolute atomic E-state index is 13.1. The summed E-state index contributed by atoms with van der Waals surface area (Å²) in [5.41, 5.74) is 1.37. The molecule has 1 aromatic heterocycles. The molecule has 25 heavy (non-hydrogen) atoms. The molecule has 0 fully saturated rings. The maximum Gasteiger partial charge on any atom is 0.246 e. The number of thiocarbonyl (C=S) groups is 1. The maximum atomic E-state index is 13.1. The second-order valence-electron chi connectivity index (χ2n) is 5.06. The number of nitrogens with zero attached hydrogens (tertiary/aromatic N) is 2. The highest BCUT2D eigenvalue weighted by atomic mass is 32.1. The number of rotatable bonds is 5. The van der Waals surface area contributed by atoms with Gasteiger partial charge in [-0.2, -0.15) is 4.98 Å². The summed E-state index contributed by atoms with van der Waals surface area (Å²) in [4.78, 5) is 4.30. The van der Waals surface area contributed by atoms with Crippen molar-refractivity contribution < 1.29 is 13.7 Å². The van der Waals surface area contributed by atoms with Crippen LogP contribution in [0.1, 0.15) is 5.89 Å². The molecule has 0 spiro atoms. The largest absolute Gasteiger partial charge is 0.497 e. The molecule has 128 valence electrons. The Balaban J connectivity index is 1.56. The highest BCUT2D eigenvalue weighted by Gasteiger charge is 2.09. The minimum Gasteiger partial charge on any atom is -0.497 e. The summed E-state index contributed by atoms with van der Waals surface area (Å²) in [6.45, 7) is 0.254. The molecule has 0 amide bonds. The second kappa shape index (κ2) is 7.71. The highest BCUT2D eigenvalue weighted by molar-refractivity contribution is 7.80. The van der Waals surface area contributed by atoms with E-state index in [0.717, 1.165) is 11.3 Å². The van der Waals surface area contributed by atoms with Crippen LogP contribution >= 0.6 is 12.2 Å². The molecule has 0 unspecified atom stereocenters. The minimum atomic E-state index is -0.339. The number of ether oxygens (including phenoxy) is 1. The third-order valence-corrected chi connectivity index (χ3v) is 3.55. The van der Waals surface area contributed by atoms with Gasteiger partial charge in [-0.25, -0.2) is 4.39 Å². The third-order valence-electron chi connectivity index (χ3n) is 3.30. The Morgan fingerprint density at radius 1 is 1.24 bits per heavy atom. The Morgan fingerprint density at radius 2 is 2.04 bits per heavy atom. The molecule has 0 radical (unpaired) electrons. The van der Waals surface area contributed by atoms with Crippen molar-refractivity contribution in [1.82, 2.24) is 15.5 Å². The van der Waals surface area contributed by atoms with E-state index in [4.69, 9.17) is 21.5 Å². The average Bonchev–Trinajstić information content (AvgIpc) is 3.09. The quantitative estimate of drug-likeness (QED) is 0.678. The fourth-order valence-electron chi connectivity index (χ4n) is 2.08. The van der Waals surface area contributed by atoms with Gasteiger partial charge in [0.2, 0.25) is 11.7 Å². The fourth-order valence-corrected chi connectivity index (χ4v) is 2.27. The van der Waals surface area contributed by atoms with Gasteiger partial charge >= 0.3 is 0 Å². The summed E-state index contributed by atoms with van der Waals surface area (Å²) >= 11 is 5.16. The standard InChI is InChI=1S/C17H15FN4O2S/c1-23-14-7-5-11(6-8-14)16-21-15(24-22-16)10-19-17(25)20-13-4-2-3-12(18)9-13/h2-9H,10H2,1H3,(H2,19,20,25). The molecule has 0 aliphatic carbocycles. The van der Waals surface area contributed by atoms with Crippen molar-refractivity contribution in [1.29, 1.82) is 0 Å². The van der Waals surface area contributed by atoms with Gasteiger partial charge in [0.25, 0.3) is 0 Å². The van der Waals surface area contributed by atoms with Crippen molar-refractivity contribution in [2.45, 2.75) is 6.54 Å². The lowest BCUT2D eigenvalue weighted by molar-refractivity contribution is 0.376. The van der Waals surface area contributed by atoms with Crippen molar-refractivity contribution in [3.05, 3.63) is 60.2 Å².